The van der Waals surface area contributed by atoms with Crippen molar-refractivity contribution in [3.05, 3.63) is 0 Å². The molecule has 0 aromatic heterocycles. The van der Waals surface area contributed by atoms with Crippen LogP contribution in [0.3, 0.4) is 0 Å². The smallest absolute Gasteiger partial charge is 0.0615 e. The summed E-state index contributed by atoms with van der Waals surface area (Å²) >= 11 is 0. The van der Waals surface area contributed by atoms with Crippen molar-refractivity contribution in [2.75, 3.05) is 26.8 Å². The summed E-state index contributed by atoms with van der Waals surface area (Å²) in [7, 11) is 1.76. The normalized spacial score (nSPS) is 15.6. The van der Waals surface area contributed by atoms with Crippen molar-refractivity contribution in [3.8, 4) is 0 Å². The number of likely N-dealkylation sites (N-methyl/N-ethyl adjacent to an activating group) is 1. The average molecular weight is 216 g/mol. The van der Waals surface area contributed by atoms with Crippen LogP contribution >= 0.6 is 0 Å². The summed E-state index contributed by atoms with van der Waals surface area (Å²) in [5, 5.41) is 0. The highest BCUT2D eigenvalue weighted by Crippen LogP contribution is 2.11. The molecule has 0 rings (SSSR count). The molecular weight excluding hydrogens is 188 g/mol. The molecule has 0 aromatic rings. The molecule has 0 aromatic carbocycles. The van der Waals surface area contributed by atoms with Gasteiger partial charge in [-0.15, -0.1) is 0 Å². The standard InChI is InChI=1S/C12H28N2O/c1-5-7-8-12(9-13)14(6-2)11(3)10-15-4/h11-12H,5-10,13H2,1-4H3. The molecule has 2 atom stereocenters. The van der Waals surface area contributed by atoms with Gasteiger partial charge >= 0.3 is 0 Å². The molecule has 0 aliphatic rings. The molecule has 0 spiro atoms. The summed E-state index contributed by atoms with van der Waals surface area (Å²) in [5.74, 6) is 0. The fraction of sp³-hybridized carbons (Fsp3) is 1.00. The van der Waals surface area contributed by atoms with Crippen LogP contribution in [0.1, 0.15) is 40.0 Å². The Morgan fingerprint density at radius 1 is 1.33 bits per heavy atom. The zero-order chi connectivity index (χ0) is 11.7. The van der Waals surface area contributed by atoms with E-state index >= 15 is 0 Å². The van der Waals surface area contributed by atoms with Gasteiger partial charge in [-0.3, -0.25) is 4.90 Å². The van der Waals surface area contributed by atoms with Crippen LogP contribution in [0.4, 0.5) is 0 Å². The minimum atomic E-state index is 0.463. The van der Waals surface area contributed by atoms with Gasteiger partial charge in [-0.05, 0) is 19.9 Å². The van der Waals surface area contributed by atoms with Gasteiger partial charge in [-0.25, -0.2) is 0 Å². The minimum Gasteiger partial charge on any atom is -0.383 e. The molecule has 0 saturated carbocycles. The van der Waals surface area contributed by atoms with Crippen molar-refractivity contribution in [1.29, 1.82) is 0 Å². The zero-order valence-electron chi connectivity index (χ0n) is 10.8. The molecule has 0 fully saturated rings. The molecule has 0 heterocycles. The highest BCUT2D eigenvalue weighted by Gasteiger charge is 2.20. The maximum absolute atomic E-state index is 5.84. The van der Waals surface area contributed by atoms with Gasteiger partial charge in [-0.1, -0.05) is 26.7 Å². The molecule has 3 nitrogen and oxygen atoms in total. The van der Waals surface area contributed by atoms with E-state index in [9.17, 15) is 0 Å². The lowest BCUT2D eigenvalue weighted by molar-refractivity contribution is 0.0717. The Morgan fingerprint density at radius 3 is 2.40 bits per heavy atom. The molecule has 2 N–H and O–H groups in total. The summed E-state index contributed by atoms with van der Waals surface area (Å²) in [6.07, 6.45) is 3.71. The summed E-state index contributed by atoms with van der Waals surface area (Å²) in [6, 6.07) is 0.977. The first kappa shape index (κ1) is 14.9. The fourth-order valence-corrected chi connectivity index (χ4v) is 2.13. The van der Waals surface area contributed by atoms with Crippen LogP contribution in [0.15, 0.2) is 0 Å². The highest BCUT2D eigenvalue weighted by atomic mass is 16.5. The summed E-state index contributed by atoms with van der Waals surface area (Å²) in [4.78, 5) is 2.46. The van der Waals surface area contributed by atoms with Gasteiger partial charge in [-0.2, -0.15) is 0 Å². The van der Waals surface area contributed by atoms with Crippen molar-refractivity contribution in [1.82, 2.24) is 4.90 Å². The molecule has 0 radical (unpaired) electrons. The monoisotopic (exact) mass is 216 g/mol. The van der Waals surface area contributed by atoms with Crippen LogP contribution in [0.25, 0.3) is 0 Å². The van der Waals surface area contributed by atoms with Gasteiger partial charge in [0.05, 0.1) is 6.61 Å². The van der Waals surface area contributed by atoms with Crippen LogP contribution in [0, 0.1) is 0 Å². The van der Waals surface area contributed by atoms with E-state index in [2.05, 4.69) is 25.7 Å². The molecule has 0 aliphatic heterocycles. The quantitative estimate of drug-likeness (QED) is 0.639. The topological polar surface area (TPSA) is 38.5 Å². The first-order chi connectivity index (χ1) is 7.21. The molecule has 92 valence electrons. The number of nitrogens with two attached hydrogens (primary N) is 1. The third-order valence-electron chi connectivity index (χ3n) is 2.97. The van der Waals surface area contributed by atoms with E-state index in [1.807, 2.05) is 0 Å². The second-order valence-corrected chi connectivity index (χ2v) is 4.17. The Balaban J connectivity index is 4.18. The fourth-order valence-electron chi connectivity index (χ4n) is 2.13. The Bertz CT molecular complexity index is 142. The number of nitrogens with zero attached hydrogens (tertiary/aromatic N) is 1. The van der Waals surface area contributed by atoms with Crippen molar-refractivity contribution in [2.45, 2.75) is 52.1 Å². The highest BCUT2D eigenvalue weighted by molar-refractivity contribution is 4.76. The van der Waals surface area contributed by atoms with Gasteiger partial charge in [0.25, 0.3) is 0 Å². The van der Waals surface area contributed by atoms with Gasteiger partial charge in [0.15, 0.2) is 0 Å². The summed E-state index contributed by atoms with van der Waals surface area (Å²) in [5.41, 5.74) is 5.84. The van der Waals surface area contributed by atoms with Gasteiger partial charge in [0.1, 0.15) is 0 Å². The van der Waals surface area contributed by atoms with Crippen LogP contribution < -0.4 is 5.73 Å². The van der Waals surface area contributed by atoms with Crippen LogP contribution in [0.5, 0.6) is 0 Å². The summed E-state index contributed by atoms with van der Waals surface area (Å²) < 4.78 is 5.20. The number of hydrogen-bond donors (Lipinski definition) is 1. The van der Waals surface area contributed by atoms with E-state index in [4.69, 9.17) is 10.5 Å². The SMILES string of the molecule is CCCCC(CN)N(CC)C(C)COC. The average Bonchev–Trinajstić information content (AvgIpc) is 2.24. The molecule has 3 heteroatoms. The van der Waals surface area contributed by atoms with Crippen molar-refractivity contribution in [2.24, 2.45) is 5.73 Å². The number of unbranched alkanes of at least 4 members (excludes halogenated alkanes) is 1. The Kier molecular flexibility index (Phi) is 9.06. The van der Waals surface area contributed by atoms with E-state index in [0.717, 1.165) is 19.7 Å². The molecule has 0 aliphatic carbocycles. The van der Waals surface area contributed by atoms with Crippen molar-refractivity contribution >= 4 is 0 Å². The molecule has 0 amide bonds. The second kappa shape index (κ2) is 9.13. The van der Waals surface area contributed by atoms with Gasteiger partial charge < -0.3 is 10.5 Å². The van der Waals surface area contributed by atoms with E-state index < -0.39 is 0 Å². The minimum absolute atomic E-state index is 0.463. The zero-order valence-corrected chi connectivity index (χ0v) is 10.8. The number of hydrogen-bond acceptors (Lipinski definition) is 3. The lowest BCUT2D eigenvalue weighted by Gasteiger charge is -2.34. The predicted octanol–water partition coefficient (Wildman–Crippen LogP) is 1.86. The predicted molar refractivity (Wildman–Crippen MR) is 66.1 cm³/mol. The largest absolute Gasteiger partial charge is 0.383 e. The lowest BCUT2D eigenvalue weighted by atomic mass is 10.1. The Morgan fingerprint density at radius 2 is 2.00 bits per heavy atom. The van der Waals surface area contributed by atoms with Crippen LogP contribution in [-0.4, -0.2) is 43.8 Å². The van der Waals surface area contributed by atoms with Crippen molar-refractivity contribution < 1.29 is 4.74 Å². The van der Waals surface area contributed by atoms with E-state index in [1.165, 1.54) is 19.3 Å². The Hall–Kier alpha value is -0.120. The number of rotatable bonds is 9. The van der Waals surface area contributed by atoms with Crippen LogP contribution in [0.2, 0.25) is 0 Å². The van der Waals surface area contributed by atoms with Gasteiger partial charge in [0.2, 0.25) is 0 Å². The molecule has 0 bridgehead atoms. The van der Waals surface area contributed by atoms with E-state index in [0.29, 0.717) is 12.1 Å². The first-order valence-electron chi connectivity index (χ1n) is 6.15. The molecule has 15 heavy (non-hydrogen) atoms. The third kappa shape index (κ3) is 5.50. The second-order valence-electron chi connectivity index (χ2n) is 4.17. The maximum atomic E-state index is 5.84. The van der Waals surface area contributed by atoms with E-state index in [1.54, 1.807) is 7.11 Å². The maximum Gasteiger partial charge on any atom is 0.0615 e. The lowest BCUT2D eigenvalue weighted by Crippen LogP contribution is -2.47. The van der Waals surface area contributed by atoms with Crippen LogP contribution in [-0.2, 0) is 4.74 Å². The van der Waals surface area contributed by atoms with E-state index in [-0.39, 0.29) is 0 Å². The number of methoxy groups -OCH3 is 1. The molecule has 0 saturated heterocycles. The number of ether oxygens (including phenoxy) is 1. The Labute approximate surface area is 95.0 Å². The summed E-state index contributed by atoms with van der Waals surface area (Å²) in [6.45, 7) is 9.22. The molecule has 2 unspecified atom stereocenters. The van der Waals surface area contributed by atoms with Gasteiger partial charge in [0, 0.05) is 25.7 Å². The molecular formula is C12H28N2O. The van der Waals surface area contributed by atoms with Crippen molar-refractivity contribution in [3.63, 3.8) is 0 Å². The first-order valence-corrected chi connectivity index (χ1v) is 6.15. The third-order valence-corrected chi connectivity index (χ3v) is 2.97.